The number of likely N-dealkylation sites (N-methyl/N-ethyl adjacent to an activating group) is 5. The molecule has 0 fully saturated rings. The third-order valence-electron chi connectivity index (χ3n) is 20.1. The Morgan fingerprint density at radius 2 is 0.624 bits per heavy atom. The van der Waals surface area contributed by atoms with Gasteiger partial charge < -0.3 is 36.1 Å². The van der Waals surface area contributed by atoms with Gasteiger partial charge in [-0.3, -0.25) is 24.0 Å². The molecule has 12 heteroatoms. The lowest BCUT2D eigenvalue weighted by atomic mass is 9.94. The molecule has 0 bridgehead atoms. The zero-order valence-electron chi connectivity index (χ0n) is 67.8. The first-order chi connectivity index (χ1) is 52.5. The predicted octanol–water partition coefficient (Wildman–Crippen LogP) is 18.5. The number of ketones is 5. The van der Waals surface area contributed by atoms with E-state index in [-0.39, 0.29) is 59.1 Å². The van der Waals surface area contributed by atoms with E-state index in [2.05, 4.69) is 274 Å². The first kappa shape index (κ1) is 87.9. The van der Waals surface area contributed by atoms with Gasteiger partial charge in [-0.25, -0.2) is 0 Å². The highest BCUT2D eigenvalue weighted by Crippen LogP contribution is 2.32. The van der Waals surface area contributed by atoms with Gasteiger partial charge in [0.15, 0.2) is 0 Å². The number of rotatable bonds is 32. The second-order valence-electron chi connectivity index (χ2n) is 28.0. The molecule has 0 saturated carbocycles. The lowest BCUT2D eigenvalue weighted by Crippen LogP contribution is -2.34. The van der Waals surface area contributed by atoms with Gasteiger partial charge in [-0.05, 0) is 271 Å². The van der Waals surface area contributed by atoms with E-state index in [1.807, 2.05) is 53.4 Å². The maximum atomic E-state index is 11.6. The number of Topliss-reactive ketones (excluding diaryl/α,β-unsaturated/α-hetero) is 5. The van der Waals surface area contributed by atoms with Crippen LogP contribution in [0.15, 0.2) is 231 Å². The minimum Gasteiger partial charge on any atom is -0.497 e. The number of carbonyl (C=O) groups is 5. The van der Waals surface area contributed by atoms with Crippen LogP contribution < -0.4 is 36.1 Å². The number of methoxy groups -OCH3 is 2. The molecule has 12 nitrogen and oxygen atoms in total. The summed E-state index contributed by atoms with van der Waals surface area (Å²) in [7, 11) is 12.5. The third kappa shape index (κ3) is 27.8. The lowest BCUT2D eigenvalue weighted by Gasteiger charge is -2.14. The molecule has 0 heterocycles. The number of benzene rings is 10. The Hall–Kier alpha value is -10.1. The Balaban J connectivity index is 0.000000213. The van der Waals surface area contributed by atoms with Gasteiger partial charge in [-0.1, -0.05) is 239 Å². The Bertz CT molecular complexity index is 4450. The van der Waals surface area contributed by atoms with Gasteiger partial charge in [0, 0.05) is 0 Å². The normalized spacial score (nSPS) is 12.1. The summed E-state index contributed by atoms with van der Waals surface area (Å²) < 4.78 is 10.6. The maximum Gasteiger partial charge on any atom is 0.147 e. The van der Waals surface area contributed by atoms with Crippen molar-refractivity contribution < 1.29 is 33.4 Å². The molecule has 0 aromatic heterocycles. The summed E-state index contributed by atoms with van der Waals surface area (Å²) in [4.78, 5) is 57.5. The number of hydrogen-bond acceptors (Lipinski definition) is 12. The molecule has 0 radical (unpaired) electrons. The van der Waals surface area contributed by atoms with Gasteiger partial charge in [-0.15, -0.1) is 0 Å². The van der Waals surface area contributed by atoms with Crippen LogP contribution in [0.25, 0.3) is 55.6 Å². The highest BCUT2D eigenvalue weighted by Gasteiger charge is 2.18. The number of unbranched alkanes of at least 4 members (excludes halogenated alkanes) is 1. The maximum absolute atomic E-state index is 11.6. The second-order valence-corrected chi connectivity index (χ2v) is 28.0. The van der Waals surface area contributed by atoms with Gasteiger partial charge in [0.1, 0.15) is 40.4 Å². The van der Waals surface area contributed by atoms with Gasteiger partial charge in [0.25, 0.3) is 0 Å². The summed E-state index contributed by atoms with van der Waals surface area (Å²) in [5.74, 6) is 2.63. The quantitative estimate of drug-likeness (QED) is 0.0272. The topological polar surface area (TPSA) is 164 Å². The van der Waals surface area contributed by atoms with Crippen molar-refractivity contribution in [2.24, 2.45) is 0 Å². The minimum absolute atomic E-state index is 0.0974. The van der Waals surface area contributed by atoms with E-state index in [0.29, 0.717) is 6.42 Å². The van der Waals surface area contributed by atoms with Crippen molar-refractivity contribution in [1.29, 1.82) is 0 Å². The fourth-order valence-corrected chi connectivity index (χ4v) is 13.2. The van der Waals surface area contributed by atoms with Crippen molar-refractivity contribution in [1.82, 2.24) is 26.6 Å². The standard InChI is InChI=1S/C21H27NO.C20H25NO2.C19H23NO2.C19H23NO.C18H21NO/c1-4-5-8-18-9-6-7-10-20(18)19-13-11-17(12-14-19)15-21(22-3)16(2)23;1-5-16-13-18(23-4)10-11-19(16)17-8-6-15(7-9-17)12-20(21-3)14(2)22;1-13-11-17(22-4)9-10-18(13)16-7-5-15(6-8-16)12-19(20-3)14(2)21;1-4-16-7-5-6-8-18(16)17-11-9-15(10-12-17)13-19(20-3)14(2)21;1-13-5-4-6-17(11-13)16-9-7-15(8-10-16)12-18(19-3)14(2)20/h6-7,9-14,21-22H,4-5,8,15H2,1-3H3;6-11,13,20-21H,5,12H2,1-4H3;5-11,19-20H,12H2,1-4H3;5-12,19-20H,4,13H2,1-3H3;4-11,18-19H,12H2,1-3H3/t21-;20-;2*19-;18-/m00000/s1. The van der Waals surface area contributed by atoms with Crippen molar-refractivity contribution in [2.75, 3.05) is 49.5 Å². The van der Waals surface area contributed by atoms with Crippen LogP contribution in [0.4, 0.5) is 0 Å². The van der Waals surface area contributed by atoms with Crippen molar-refractivity contribution in [2.45, 2.75) is 164 Å². The fourth-order valence-electron chi connectivity index (χ4n) is 13.2. The summed E-state index contributed by atoms with van der Waals surface area (Å²) in [6.07, 6.45) is 9.19. The molecule has 0 aliphatic heterocycles. The molecule has 0 saturated heterocycles. The summed E-state index contributed by atoms with van der Waals surface area (Å²) in [5.41, 5.74) is 24.7. The molecule has 0 spiro atoms. The number of ether oxygens (including phenoxy) is 2. The van der Waals surface area contributed by atoms with Gasteiger partial charge in [0.2, 0.25) is 0 Å². The smallest absolute Gasteiger partial charge is 0.147 e. The van der Waals surface area contributed by atoms with E-state index in [0.717, 1.165) is 67.6 Å². The van der Waals surface area contributed by atoms with Crippen molar-refractivity contribution >= 4 is 28.9 Å². The van der Waals surface area contributed by atoms with Crippen molar-refractivity contribution in [3.63, 3.8) is 0 Å². The molecule has 5 atom stereocenters. The average Bonchev–Trinajstić information content (AvgIpc) is 0.773. The average molecular weight is 1470 g/mol. The van der Waals surface area contributed by atoms with Crippen LogP contribution in [0.5, 0.6) is 11.5 Å². The molecule has 10 aromatic carbocycles. The molecule has 574 valence electrons. The lowest BCUT2D eigenvalue weighted by molar-refractivity contribution is -0.119. The van der Waals surface area contributed by atoms with Gasteiger partial charge in [0.05, 0.1) is 44.4 Å². The van der Waals surface area contributed by atoms with Crippen LogP contribution in [0, 0.1) is 13.8 Å². The predicted molar refractivity (Wildman–Crippen MR) is 455 cm³/mol. The SMILES string of the molecule is CCCCc1ccccc1-c1ccc(C[C@H](NC)C(C)=O)cc1.CCc1cc(OC)ccc1-c1ccc(C[C@H](NC)C(C)=O)cc1.CCc1ccccc1-c1ccc(C[C@H](NC)C(C)=O)cc1.CN[C@@H](Cc1ccc(-c2ccc(OC)cc2C)cc1)C(C)=O.CN[C@@H](Cc1ccc(-c2cccc(C)c2)cc1)C(C)=O. The molecule has 10 rings (SSSR count). The molecule has 10 aromatic rings. The molecule has 5 N–H and O–H groups in total. The number of aryl methyl sites for hydroxylation is 5. The number of hydrogen-bond donors (Lipinski definition) is 5. The van der Waals surface area contributed by atoms with E-state index in [1.165, 1.54) is 113 Å². The monoisotopic (exact) mass is 1470 g/mol. The molecule has 0 amide bonds. The van der Waals surface area contributed by atoms with E-state index >= 15 is 0 Å². The molecule has 0 unspecified atom stereocenters. The summed E-state index contributed by atoms with van der Waals surface area (Å²) in [6, 6.07) is 79.9. The molecular weight excluding hydrogens is 1350 g/mol. The van der Waals surface area contributed by atoms with Gasteiger partial charge in [-0.2, -0.15) is 0 Å². The highest BCUT2D eigenvalue weighted by atomic mass is 16.5. The van der Waals surface area contributed by atoms with Crippen LogP contribution in [-0.2, 0) is 75.3 Å². The van der Waals surface area contributed by atoms with Crippen molar-refractivity contribution in [3.05, 3.63) is 286 Å². The van der Waals surface area contributed by atoms with E-state index in [4.69, 9.17) is 9.47 Å². The van der Waals surface area contributed by atoms with Crippen LogP contribution in [0.1, 0.15) is 124 Å². The summed E-state index contributed by atoms with van der Waals surface area (Å²) in [6.45, 7) is 18.9. The van der Waals surface area contributed by atoms with Crippen LogP contribution in [0.2, 0.25) is 0 Å². The third-order valence-corrected chi connectivity index (χ3v) is 20.1. The number of carbonyl (C=O) groups excluding carboxylic acids is 5. The van der Waals surface area contributed by atoms with E-state index in [1.54, 1.807) is 48.8 Å². The first-order valence-electron chi connectivity index (χ1n) is 38.4. The first-order valence-corrected chi connectivity index (χ1v) is 38.4. The Morgan fingerprint density at radius 3 is 0.945 bits per heavy atom. The van der Waals surface area contributed by atoms with Crippen molar-refractivity contribution in [3.8, 4) is 67.1 Å². The largest absolute Gasteiger partial charge is 0.497 e. The van der Waals surface area contributed by atoms with Crippen LogP contribution in [0.3, 0.4) is 0 Å². The van der Waals surface area contributed by atoms with Crippen LogP contribution >= 0.6 is 0 Å². The molecule has 109 heavy (non-hydrogen) atoms. The zero-order chi connectivity index (χ0) is 79.4. The molecule has 0 aliphatic carbocycles. The molecular formula is C97H119N5O7. The summed E-state index contributed by atoms with van der Waals surface area (Å²) in [5, 5.41) is 15.3. The zero-order valence-corrected chi connectivity index (χ0v) is 67.8. The second kappa shape index (κ2) is 46.3. The van der Waals surface area contributed by atoms with Gasteiger partial charge >= 0.3 is 0 Å². The Labute approximate surface area is 651 Å². The van der Waals surface area contributed by atoms with E-state index in [9.17, 15) is 24.0 Å². The number of nitrogens with one attached hydrogen (secondary N) is 5. The Morgan fingerprint density at radius 1 is 0.312 bits per heavy atom. The fraction of sp³-hybridized carbons (Fsp3) is 0.330. The Kier molecular flexibility index (Phi) is 37.4. The van der Waals surface area contributed by atoms with E-state index < -0.39 is 0 Å². The summed E-state index contributed by atoms with van der Waals surface area (Å²) >= 11 is 0. The van der Waals surface area contributed by atoms with Crippen LogP contribution in [-0.4, -0.2) is 109 Å². The minimum atomic E-state index is -0.118. The highest BCUT2D eigenvalue weighted by molar-refractivity contribution is 5.84. The molecule has 0 aliphatic rings.